The summed E-state index contributed by atoms with van der Waals surface area (Å²) in [6.07, 6.45) is 2.18. The zero-order chi connectivity index (χ0) is 21.6. The second kappa shape index (κ2) is 9.69. The van der Waals surface area contributed by atoms with Crippen LogP contribution in [0.15, 0.2) is 42.5 Å². The minimum absolute atomic E-state index is 0.122. The molecule has 0 bridgehead atoms. The highest BCUT2D eigenvalue weighted by atomic mass is 32.2. The van der Waals surface area contributed by atoms with E-state index in [1.54, 1.807) is 7.11 Å². The molecule has 0 saturated heterocycles. The molecule has 158 valence electrons. The SMILES string of the molecule is COc1ccccc1CCCNC(=O)[C@@H](C)N(c1ccc(F)c(F)c1)S(C)(=O)=O. The van der Waals surface area contributed by atoms with Crippen molar-refractivity contribution in [2.24, 2.45) is 0 Å². The van der Waals surface area contributed by atoms with E-state index >= 15 is 0 Å². The van der Waals surface area contributed by atoms with Crippen molar-refractivity contribution in [1.29, 1.82) is 0 Å². The molecule has 0 heterocycles. The number of aryl methyl sites for hydroxylation is 1. The van der Waals surface area contributed by atoms with Crippen LogP contribution in [0.4, 0.5) is 14.5 Å². The Labute approximate surface area is 169 Å². The number of nitrogens with zero attached hydrogens (tertiary/aromatic N) is 1. The zero-order valence-corrected chi connectivity index (χ0v) is 17.3. The second-order valence-electron chi connectivity index (χ2n) is 6.54. The largest absolute Gasteiger partial charge is 0.496 e. The summed E-state index contributed by atoms with van der Waals surface area (Å²) in [4.78, 5) is 12.5. The summed E-state index contributed by atoms with van der Waals surface area (Å²) in [5, 5.41) is 2.68. The fourth-order valence-electron chi connectivity index (χ4n) is 2.98. The van der Waals surface area contributed by atoms with Crippen LogP contribution in [0.1, 0.15) is 18.9 Å². The number of hydrogen-bond acceptors (Lipinski definition) is 4. The first-order valence-electron chi connectivity index (χ1n) is 8.99. The summed E-state index contributed by atoms with van der Waals surface area (Å²) in [5.41, 5.74) is 0.875. The normalized spacial score (nSPS) is 12.3. The Morgan fingerprint density at radius 1 is 1.17 bits per heavy atom. The molecule has 0 unspecified atom stereocenters. The first-order valence-corrected chi connectivity index (χ1v) is 10.8. The maximum absolute atomic E-state index is 13.6. The molecular weight excluding hydrogens is 402 g/mol. The molecule has 2 aromatic carbocycles. The van der Waals surface area contributed by atoms with Crippen molar-refractivity contribution >= 4 is 21.6 Å². The maximum atomic E-state index is 13.6. The lowest BCUT2D eigenvalue weighted by Crippen LogP contribution is -2.48. The zero-order valence-electron chi connectivity index (χ0n) is 16.5. The van der Waals surface area contributed by atoms with Gasteiger partial charge in [0.05, 0.1) is 19.1 Å². The number of benzene rings is 2. The molecule has 1 amide bonds. The van der Waals surface area contributed by atoms with Crippen LogP contribution in [-0.2, 0) is 21.2 Å². The van der Waals surface area contributed by atoms with E-state index in [1.807, 2.05) is 24.3 Å². The lowest BCUT2D eigenvalue weighted by Gasteiger charge is -2.28. The number of amides is 1. The van der Waals surface area contributed by atoms with Gasteiger partial charge in [0, 0.05) is 12.6 Å². The number of methoxy groups -OCH3 is 1. The lowest BCUT2D eigenvalue weighted by molar-refractivity contribution is -0.121. The van der Waals surface area contributed by atoms with E-state index in [1.165, 1.54) is 6.92 Å². The maximum Gasteiger partial charge on any atom is 0.243 e. The third-order valence-electron chi connectivity index (χ3n) is 4.36. The molecule has 0 fully saturated rings. The smallest absolute Gasteiger partial charge is 0.243 e. The molecule has 0 aliphatic heterocycles. The van der Waals surface area contributed by atoms with E-state index in [2.05, 4.69) is 5.32 Å². The quantitative estimate of drug-likeness (QED) is 0.626. The molecular formula is C20H24F2N2O4S. The molecule has 1 N–H and O–H groups in total. The average Bonchev–Trinajstić information content (AvgIpc) is 2.67. The number of rotatable bonds is 9. The average molecular weight is 426 g/mol. The highest BCUT2D eigenvalue weighted by molar-refractivity contribution is 7.92. The fourth-order valence-corrected chi connectivity index (χ4v) is 4.15. The Morgan fingerprint density at radius 2 is 1.86 bits per heavy atom. The Kier molecular flexibility index (Phi) is 7.55. The third kappa shape index (κ3) is 5.90. The van der Waals surface area contributed by atoms with E-state index in [9.17, 15) is 22.0 Å². The van der Waals surface area contributed by atoms with Gasteiger partial charge in [0.25, 0.3) is 0 Å². The van der Waals surface area contributed by atoms with Crippen LogP contribution in [0.2, 0.25) is 0 Å². The van der Waals surface area contributed by atoms with Crippen molar-refractivity contribution in [3.8, 4) is 5.75 Å². The van der Waals surface area contributed by atoms with Crippen molar-refractivity contribution in [3.63, 3.8) is 0 Å². The van der Waals surface area contributed by atoms with E-state index in [0.717, 1.165) is 40.1 Å². The van der Waals surface area contributed by atoms with Gasteiger partial charge in [-0.2, -0.15) is 0 Å². The standard InChI is InChI=1S/C20H24F2N2O4S/c1-14(24(29(3,26)27)16-10-11-17(21)18(22)13-16)20(25)23-12-6-8-15-7-4-5-9-19(15)28-2/h4-5,7,9-11,13-14H,6,8,12H2,1-3H3,(H,23,25)/t14-/m1/s1. The molecule has 6 nitrogen and oxygen atoms in total. The van der Waals surface area contributed by atoms with Gasteiger partial charge < -0.3 is 10.1 Å². The van der Waals surface area contributed by atoms with Crippen molar-refractivity contribution in [2.45, 2.75) is 25.8 Å². The molecule has 0 aromatic heterocycles. The van der Waals surface area contributed by atoms with Crippen LogP contribution in [-0.4, -0.2) is 40.3 Å². The molecule has 0 radical (unpaired) electrons. The molecule has 2 rings (SSSR count). The number of halogens is 2. The van der Waals surface area contributed by atoms with Gasteiger partial charge in [0.15, 0.2) is 11.6 Å². The van der Waals surface area contributed by atoms with Crippen LogP contribution in [0.3, 0.4) is 0 Å². The van der Waals surface area contributed by atoms with Crippen LogP contribution in [0.5, 0.6) is 5.75 Å². The molecule has 9 heteroatoms. The topological polar surface area (TPSA) is 75.7 Å². The number of anilines is 1. The summed E-state index contributed by atoms with van der Waals surface area (Å²) in [7, 11) is -2.32. The number of carbonyl (C=O) groups excluding carboxylic acids is 1. The van der Waals surface area contributed by atoms with Gasteiger partial charge in [-0.1, -0.05) is 18.2 Å². The van der Waals surface area contributed by atoms with Gasteiger partial charge in [0.2, 0.25) is 15.9 Å². The number of nitrogens with one attached hydrogen (secondary N) is 1. The molecule has 0 spiro atoms. The Balaban J connectivity index is 2.03. The van der Waals surface area contributed by atoms with E-state index in [-0.39, 0.29) is 5.69 Å². The molecule has 0 aliphatic rings. The first kappa shape index (κ1) is 22.6. The van der Waals surface area contributed by atoms with E-state index < -0.39 is 33.6 Å². The fraction of sp³-hybridized carbons (Fsp3) is 0.350. The summed E-state index contributed by atoms with van der Waals surface area (Å²) in [6.45, 7) is 1.70. The molecule has 2 aromatic rings. The van der Waals surface area contributed by atoms with Gasteiger partial charge in [-0.15, -0.1) is 0 Å². The molecule has 0 aliphatic carbocycles. The van der Waals surface area contributed by atoms with Crippen molar-refractivity contribution in [2.75, 3.05) is 24.2 Å². The molecule has 1 atom stereocenters. The minimum Gasteiger partial charge on any atom is -0.496 e. The van der Waals surface area contributed by atoms with Crippen LogP contribution in [0, 0.1) is 11.6 Å². The number of sulfonamides is 1. The predicted molar refractivity (Wildman–Crippen MR) is 107 cm³/mol. The van der Waals surface area contributed by atoms with Crippen molar-refractivity contribution in [1.82, 2.24) is 5.32 Å². The summed E-state index contributed by atoms with van der Waals surface area (Å²) < 4.78 is 57.1. The van der Waals surface area contributed by atoms with Crippen LogP contribution >= 0.6 is 0 Å². The predicted octanol–water partition coefficient (Wildman–Crippen LogP) is 2.88. The number of ether oxygens (including phenoxy) is 1. The van der Waals surface area contributed by atoms with Crippen LogP contribution < -0.4 is 14.4 Å². The van der Waals surface area contributed by atoms with Crippen molar-refractivity contribution < 1.29 is 26.7 Å². The van der Waals surface area contributed by atoms with Gasteiger partial charge in [-0.05, 0) is 43.5 Å². The summed E-state index contributed by atoms with van der Waals surface area (Å²) >= 11 is 0. The first-order chi connectivity index (χ1) is 13.6. The van der Waals surface area contributed by atoms with Crippen molar-refractivity contribution in [3.05, 3.63) is 59.7 Å². The lowest BCUT2D eigenvalue weighted by atomic mass is 10.1. The van der Waals surface area contributed by atoms with Gasteiger partial charge in [0.1, 0.15) is 11.8 Å². The Morgan fingerprint density at radius 3 is 2.48 bits per heavy atom. The number of para-hydroxylation sites is 1. The van der Waals surface area contributed by atoms with Gasteiger partial charge in [-0.3, -0.25) is 9.10 Å². The minimum atomic E-state index is -3.91. The summed E-state index contributed by atoms with van der Waals surface area (Å²) in [5.74, 6) is -2.08. The highest BCUT2D eigenvalue weighted by Gasteiger charge is 2.29. The molecule has 29 heavy (non-hydrogen) atoms. The number of hydrogen-bond donors (Lipinski definition) is 1. The summed E-state index contributed by atoms with van der Waals surface area (Å²) in [6, 6.07) is 9.09. The van der Waals surface area contributed by atoms with E-state index in [0.29, 0.717) is 19.4 Å². The highest BCUT2D eigenvalue weighted by Crippen LogP contribution is 2.23. The van der Waals surface area contributed by atoms with E-state index in [4.69, 9.17) is 4.74 Å². The monoisotopic (exact) mass is 426 g/mol. The van der Waals surface area contributed by atoms with Gasteiger partial charge in [-0.25, -0.2) is 17.2 Å². The Hall–Kier alpha value is -2.68. The third-order valence-corrected chi connectivity index (χ3v) is 5.60. The second-order valence-corrected chi connectivity index (χ2v) is 8.40. The van der Waals surface area contributed by atoms with Gasteiger partial charge >= 0.3 is 0 Å². The molecule has 0 saturated carbocycles. The number of carbonyl (C=O) groups is 1. The van der Waals surface area contributed by atoms with Crippen LogP contribution in [0.25, 0.3) is 0 Å². The Bertz CT molecular complexity index is 967.